The first-order valence-electron chi connectivity index (χ1n) is 8.65. The molecule has 1 aliphatic rings. The Bertz CT molecular complexity index is 1020. The topological polar surface area (TPSA) is 160 Å². The molecule has 29 heavy (non-hydrogen) atoms. The van der Waals surface area contributed by atoms with Gasteiger partial charge in [-0.15, -0.1) is 11.3 Å². The fourth-order valence-electron chi connectivity index (χ4n) is 2.71. The smallest absolute Gasteiger partial charge is 0.238 e. The number of aromatic nitrogens is 1. The average Bonchev–Trinajstić information content (AvgIpc) is 3.08. The van der Waals surface area contributed by atoms with Crippen LogP contribution in [0.15, 0.2) is 34.5 Å². The van der Waals surface area contributed by atoms with E-state index >= 15 is 0 Å². The predicted octanol–water partition coefficient (Wildman–Crippen LogP) is 0.436. The van der Waals surface area contributed by atoms with E-state index in [4.69, 9.17) is 5.14 Å². The number of anilines is 2. The van der Waals surface area contributed by atoms with E-state index in [1.54, 1.807) is 5.38 Å². The molecule has 1 aromatic heterocycles. The number of amides is 3. The fourth-order valence-corrected chi connectivity index (χ4v) is 3.94. The minimum Gasteiger partial charge on any atom is -0.355 e. The minimum absolute atomic E-state index is 0.0111. The van der Waals surface area contributed by atoms with Gasteiger partial charge in [0.1, 0.15) is 0 Å². The standard InChI is InChI=1S/C17H19N5O5S2/c18-29(26,27)13-4-2-11(3-5-13)20-15(24)7-12-9-28-17(21-12)22-16(25)10-1-6-14(23)19-8-10/h2-5,9-10H,1,6-8H2,(H,19,23)(H,20,24)(H2,18,26,27)(H,21,22,25). The van der Waals surface area contributed by atoms with Crippen LogP contribution in [0, 0.1) is 5.92 Å². The SMILES string of the molecule is NS(=O)(=O)c1ccc(NC(=O)Cc2csc(NC(=O)C3CCC(=O)NC3)n2)cc1. The van der Waals surface area contributed by atoms with Crippen molar-refractivity contribution >= 4 is 49.9 Å². The van der Waals surface area contributed by atoms with Crippen LogP contribution in [0.4, 0.5) is 10.8 Å². The number of thiazole rings is 1. The number of nitrogens with one attached hydrogen (secondary N) is 3. The summed E-state index contributed by atoms with van der Waals surface area (Å²) in [5, 5.41) is 15.1. The Kier molecular flexibility index (Phi) is 6.25. The molecule has 0 saturated carbocycles. The Balaban J connectivity index is 1.52. The van der Waals surface area contributed by atoms with Crippen LogP contribution in [0.1, 0.15) is 18.5 Å². The van der Waals surface area contributed by atoms with E-state index in [1.807, 2.05) is 0 Å². The number of rotatable bonds is 6. The molecule has 0 spiro atoms. The molecule has 1 aromatic carbocycles. The van der Waals surface area contributed by atoms with E-state index in [2.05, 4.69) is 20.9 Å². The molecule has 0 radical (unpaired) electrons. The first-order chi connectivity index (χ1) is 13.7. The van der Waals surface area contributed by atoms with Gasteiger partial charge in [-0.1, -0.05) is 0 Å². The number of carbonyl (C=O) groups is 3. The highest BCUT2D eigenvalue weighted by molar-refractivity contribution is 7.89. The van der Waals surface area contributed by atoms with Crippen LogP contribution >= 0.6 is 11.3 Å². The number of nitrogens with two attached hydrogens (primary N) is 1. The third-order valence-electron chi connectivity index (χ3n) is 4.23. The molecule has 1 unspecified atom stereocenters. The lowest BCUT2D eigenvalue weighted by Gasteiger charge is -2.20. The van der Waals surface area contributed by atoms with Crippen molar-refractivity contribution in [3.63, 3.8) is 0 Å². The van der Waals surface area contributed by atoms with Crippen LogP contribution in [-0.4, -0.2) is 37.7 Å². The van der Waals surface area contributed by atoms with Crippen molar-refractivity contribution in [3.8, 4) is 0 Å². The summed E-state index contributed by atoms with van der Waals surface area (Å²) in [6, 6.07) is 5.48. The summed E-state index contributed by atoms with van der Waals surface area (Å²) >= 11 is 1.20. The fraction of sp³-hybridized carbons (Fsp3) is 0.294. The Morgan fingerprint density at radius 1 is 1.24 bits per heavy atom. The van der Waals surface area contributed by atoms with Crippen LogP contribution in [0.5, 0.6) is 0 Å². The molecule has 2 heterocycles. The second-order valence-electron chi connectivity index (χ2n) is 6.47. The molecule has 1 atom stereocenters. The highest BCUT2D eigenvalue weighted by Crippen LogP contribution is 2.19. The molecule has 0 bridgehead atoms. The zero-order valence-electron chi connectivity index (χ0n) is 15.2. The van der Waals surface area contributed by atoms with E-state index in [1.165, 1.54) is 35.6 Å². The van der Waals surface area contributed by atoms with Crippen LogP contribution in [0.25, 0.3) is 0 Å². The lowest BCUT2D eigenvalue weighted by atomic mass is 9.98. The third kappa shape index (κ3) is 5.82. The van der Waals surface area contributed by atoms with Gasteiger partial charge in [-0.2, -0.15) is 0 Å². The number of carbonyl (C=O) groups excluding carboxylic acids is 3. The average molecular weight is 438 g/mol. The Labute approximate surface area is 170 Å². The van der Waals surface area contributed by atoms with Crippen LogP contribution in [0.3, 0.4) is 0 Å². The van der Waals surface area contributed by atoms with Gasteiger partial charge in [-0.25, -0.2) is 18.5 Å². The lowest BCUT2D eigenvalue weighted by Crippen LogP contribution is -2.40. The van der Waals surface area contributed by atoms with E-state index in [0.717, 1.165) is 0 Å². The van der Waals surface area contributed by atoms with Crippen LogP contribution in [0.2, 0.25) is 0 Å². The second kappa shape index (κ2) is 8.68. The van der Waals surface area contributed by atoms with Gasteiger partial charge in [-0.05, 0) is 30.7 Å². The van der Waals surface area contributed by atoms with Crippen molar-refractivity contribution in [1.82, 2.24) is 10.3 Å². The summed E-state index contributed by atoms with van der Waals surface area (Å²) in [4.78, 5) is 39.7. The summed E-state index contributed by atoms with van der Waals surface area (Å²) in [6.45, 7) is 0.301. The number of nitrogens with zero attached hydrogens (tertiary/aromatic N) is 1. The predicted molar refractivity (Wildman–Crippen MR) is 107 cm³/mol. The number of sulfonamides is 1. The van der Waals surface area contributed by atoms with Gasteiger partial charge in [0.2, 0.25) is 27.7 Å². The quantitative estimate of drug-likeness (QED) is 0.513. The van der Waals surface area contributed by atoms with Crippen molar-refractivity contribution in [1.29, 1.82) is 0 Å². The normalized spacial score (nSPS) is 16.7. The zero-order valence-corrected chi connectivity index (χ0v) is 16.8. The first kappa shape index (κ1) is 20.9. The van der Waals surface area contributed by atoms with Gasteiger partial charge in [0.25, 0.3) is 0 Å². The molecule has 1 fully saturated rings. The Morgan fingerprint density at radius 3 is 2.59 bits per heavy atom. The van der Waals surface area contributed by atoms with Crippen molar-refractivity contribution < 1.29 is 22.8 Å². The van der Waals surface area contributed by atoms with Gasteiger partial charge in [0.15, 0.2) is 5.13 Å². The number of piperidine rings is 1. The van der Waals surface area contributed by atoms with Gasteiger partial charge >= 0.3 is 0 Å². The summed E-state index contributed by atoms with van der Waals surface area (Å²) in [5.74, 6) is -0.920. The zero-order chi connectivity index (χ0) is 21.0. The molecular formula is C17H19N5O5S2. The van der Waals surface area contributed by atoms with Crippen LogP contribution in [-0.2, 0) is 30.8 Å². The van der Waals surface area contributed by atoms with Crippen molar-refractivity contribution in [3.05, 3.63) is 35.3 Å². The van der Waals surface area contributed by atoms with Crippen molar-refractivity contribution in [2.45, 2.75) is 24.2 Å². The Hall–Kier alpha value is -2.83. The summed E-state index contributed by atoms with van der Waals surface area (Å²) < 4.78 is 22.5. The molecule has 2 aromatic rings. The largest absolute Gasteiger partial charge is 0.355 e. The maximum Gasteiger partial charge on any atom is 0.238 e. The van der Waals surface area contributed by atoms with Gasteiger partial charge in [-0.3, -0.25) is 14.4 Å². The molecule has 0 aliphatic carbocycles. The number of benzene rings is 1. The molecule has 12 heteroatoms. The molecule has 3 rings (SSSR count). The van der Waals surface area contributed by atoms with E-state index in [0.29, 0.717) is 35.9 Å². The van der Waals surface area contributed by atoms with Gasteiger partial charge in [0.05, 0.1) is 22.9 Å². The molecule has 1 aliphatic heterocycles. The third-order valence-corrected chi connectivity index (χ3v) is 5.96. The van der Waals surface area contributed by atoms with Gasteiger partial charge < -0.3 is 16.0 Å². The highest BCUT2D eigenvalue weighted by Gasteiger charge is 2.25. The number of primary sulfonamides is 1. The monoisotopic (exact) mass is 437 g/mol. The van der Waals surface area contributed by atoms with Gasteiger partial charge in [0, 0.05) is 24.0 Å². The summed E-state index contributed by atoms with van der Waals surface area (Å²) in [7, 11) is -3.79. The summed E-state index contributed by atoms with van der Waals surface area (Å²) in [5.41, 5.74) is 0.909. The molecule has 154 valence electrons. The highest BCUT2D eigenvalue weighted by atomic mass is 32.2. The van der Waals surface area contributed by atoms with Crippen LogP contribution < -0.4 is 21.1 Å². The second-order valence-corrected chi connectivity index (χ2v) is 8.89. The molecule has 5 N–H and O–H groups in total. The molecule has 10 nitrogen and oxygen atoms in total. The maximum absolute atomic E-state index is 12.2. The van der Waals surface area contributed by atoms with Crippen molar-refractivity contribution in [2.75, 3.05) is 17.2 Å². The van der Waals surface area contributed by atoms with E-state index in [9.17, 15) is 22.8 Å². The number of hydrogen-bond acceptors (Lipinski definition) is 7. The number of hydrogen-bond donors (Lipinski definition) is 4. The lowest BCUT2D eigenvalue weighted by molar-refractivity contribution is -0.126. The maximum atomic E-state index is 12.2. The minimum atomic E-state index is -3.79. The van der Waals surface area contributed by atoms with E-state index in [-0.39, 0.29) is 35.0 Å². The van der Waals surface area contributed by atoms with Crippen molar-refractivity contribution in [2.24, 2.45) is 11.1 Å². The summed E-state index contributed by atoms with van der Waals surface area (Å²) in [6.07, 6.45) is 0.797. The first-order valence-corrected chi connectivity index (χ1v) is 11.1. The van der Waals surface area contributed by atoms with E-state index < -0.39 is 10.0 Å². The molecule has 3 amide bonds. The molecular weight excluding hydrogens is 418 g/mol. The molecule has 1 saturated heterocycles. The Morgan fingerprint density at radius 2 is 1.97 bits per heavy atom.